The molecule has 11 heteroatoms. The van der Waals surface area contributed by atoms with Gasteiger partial charge in [0.2, 0.25) is 0 Å². The Morgan fingerprint density at radius 1 is 0.955 bits per heavy atom. The van der Waals surface area contributed by atoms with Gasteiger partial charge >= 0.3 is 5.97 Å². The molecule has 0 aromatic carbocycles. The normalized spacial score (nSPS) is 49.8. The maximum absolute atomic E-state index is 10.9. The molecule has 0 aromatic rings. The van der Waals surface area contributed by atoms with Crippen molar-refractivity contribution in [3.05, 3.63) is 0 Å². The average Bonchev–Trinajstić information content (AvgIpc) is 2.46. The van der Waals surface area contributed by atoms with E-state index in [1.54, 1.807) is 0 Å². The molecule has 0 spiro atoms. The molecule has 128 valence electrons. The van der Waals surface area contributed by atoms with E-state index < -0.39 is 61.3 Å². The first kappa shape index (κ1) is 17.5. The third-order valence-corrected chi connectivity index (χ3v) is 3.55. The van der Waals surface area contributed by atoms with E-state index in [1.165, 1.54) is 0 Å². The lowest BCUT2D eigenvalue weighted by molar-refractivity contribution is -0.339. The van der Waals surface area contributed by atoms with E-state index in [1.807, 2.05) is 0 Å². The highest BCUT2D eigenvalue weighted by molar-refractivity contribution is 5.73. The Labute approximate surface area is 123 Å². The lowest BCUT2D eigenvalue weighted by Gasteiger charge is -2.42. The molecule has 2 aliphatic rings. The summed E-state index contributed by atoms with van der Waals surface area (Å²) < 4.78 is 14.6. The van der Waals surface area contributed by atoms with Crippen LogP contribution in [0, 0.1) is 0 Å². The lowest BCUT2D eigenvalue weighted by atomic mass is 9.98. The van der Waals surface area contributed by atoms with Gasteiger partial charge in [-0.1, -0.05) is 0 Å². The molecular weight excluding hydrogens is 308 g/mol. The minimum atomic E-state index is -1.94. The van der Waals surface area contributed by atoms with Crippen LogP contribution in [0.2, 0.25) is 0 Å². The Morgan fingerprint density at radius 3 is 2.18 bits per heavy atom. The van der Waals surface area contributed by atoms with Crippen LogP contribution < -0.4 is 0 Å². The van der Waals surface area contributed by atoms with E-state index in [9.17, 15) is 35.4 Å². The van der Waals surface area contributed by atoms with E-state index in [0.717, 1.165) is 0 Å². The molecule has 0 radical (unpaired) electrons. The summed E-state index contributed by atoms with van der Waals surface area (Å²) in [6.45, 7) is -0.386. The van der Waals surface area contributed by atoms with Crippen LogP contribution in [0.5, 0.6) is 0 Å². The molecule has 9 atom stereocenters. The maximum atomic E-state index is 10.9. The predicted octanol–water partition coefficient (Wildman–Crippen LogP) is -4.67. The first-order valence-corrected chi connectivity index (χ1v) is 6.47. The Hall–Kier alpha value is -0.890. The maximum Gasteiger partial charge on any atom is 0.335 e. The van der Waals surface area contributed by atoms with Crippen LogP contribution in [-0.2, 0) is 19.0 Å². The van der Waals surface area contributed by atoms with Crippen molar-refractivity contribution in [2.24, 2.45) is 0 Å². The number of carbonyl (C=O) groups is 1. The molecule has 7 N–H and O–H groups in total. The smallest absolute Gasteiger partial charge is 0.335 e. The standard InChI is InChI=1S/C11H18O11/c12-2-1-20-11(4(14)3(2)13)22-7-5(15)8(9(17)18)21-10(19)6(7)16/h2-8,10-16,19H,1H2,(H,17,18)/t2-,3+,4-,5+,6-,7+,8+,10-,11+/m1/s1. The first-order chi connectivity index (χ1) is 10.2. The van der Waals surface area contributed by atoms with Gasteiger partial charge in [-0.05, 0) is 0 Å². The number of ether oxygens (including phenoxy) is 3. The van der Waals surface area contributed by atoms with Crippen molar-refractivity contribution in [2.75, 3.05) is 6.61 Å². The molecule has 2 saturated heterocycles. The largest absolute Gasteiger partial charge is 0.479 e. The lowest BCUT2D eigenvalue weighted by Crippen LogP contribution is -2.63. The minimum absolute atomic E-state index is 0.386. The molecule has 0 unspecified atom stereocenters. The summed E-state index contributed by atoms with van der Waals surface area (Å²) >= 11 is 0. The molecule has 0 saturated carbocycles. The Morgan fingerprint density at radius 2 is 1.59 bits per heavy atom. The van der Waals surface area contributed by atoms with E-state index in [4.69, 9.17) is 14.6 Å². The Balaban J connectivity index is 2.10. The fraction of sp³-hybridized carbons (Fsp3) is 0.909. The van der Waals surface area contributed by atoms with E-state index >= 15 is 0 Å². The van der Waals surface area contributed by atoms with Crippen molar-refractivity contribution in [1.29, 1.82) is 0 Å². The van der Waals surface area contributed by atoms with Crippen LogP contribution in [0.4, 0.5) is 0 Å². The fourth-order valence-corrected chi connectivity index (χ4v) is 2.27. The van der Waals surface area contributed by atoms with E-state index in [-0.39, 0.29) is 6.61 Å². The highest BCUT2D eigenvalue weighted by atomic mass is 16.7. The van der Waals surface area contributed by atoms with Gasteiger partial charge in [0.1, 0.15) is 36.6 Å². The van der Waals surface area contributed by atoms with Crippen molar-refractivity contribution < 1.29 is 54.8 Å². The summed E-state index contributed by atoms with van der Waals surface area (Å²) in [5, 5.41) is 66.5. The molecular formula is C11H18O11. The van der Waals surface area contributed by atoms with Crippen molar-refractivity contribution in [1.82, 2.24) is 0 Å². The number of aliphatic hydroxyl groups excluding tert-OH is 6. The summed E-state index contributed by atoms with van der Waals surface area (Å²) in [5.41, 5.74) is 0. The van der Waals surface area contributed by atoms with Gasteiger partial charge in [0.05, 0.1) is 6.61 Å². The molecule has 11 nitrogen and oxygen atoms in total. The molecule has 2 fully saturated rings. The van der Waals surface area contributed by atoms with Gasteiger partial charge in [-0.15, -0.1) is 0 Å². The first-order valence-electron chi connectivity index (χ1n) is 6.47. The third kappa shape index (κ3) is 3.22. The number of carboxylic acids is 1. The third-order valence-electron chi connectivity index (χ3n) is 3.55. The van der Waals surface area contributed by atoms with Crippen molar-refractivity contribution in [3.63, 3.8) is 0 Å². The zero-order valence-corrected chi connectivity index (χ0v) is 11.2. The van der Waals surface area contributed by atoms with E-state index in [2.05, 4.69) is 4.74 Å². The number of carboxylic acid groups (broad SMARTS) is 1. The SMILES string of the molecule is O=C(O)[C@H]1O[C@@H](O)[C@H](O)[C@@H](O[C@@H]2OC[C@@H](O)[C@H](O)[C@H]2O)[C@@H]1O. The minimum Gasteiger partial charge on any atom is -0.479 e. The molecule has 0 amide bonds. The van der Waals surface area contributed by atoms with Gasteiger partial charge in [0.25, 0.3) is 0 Å². The zero-order valence-electron chi connectivity index (χ0n) is 11.2. The summed E-state index contributed by atoms with van der Waals surface area (Å²) in [4.78, 5) is 10.9. The molecule has 2 heterocycles. The summed E-state index contributed by atoms with van der Waals surface area (Å²) in [5.74, 6) is -1.59. The van der Waals surface area contributed by atoms with Gasteiger partial charge in [-0.25, -0.2) is 4.79 Å². The van der Waals surface area contributed by atoms with Crippen LogP contribution in [0.15, 0.2) is 0 Å². The summed E-state index contributed by atoms with van der Waals surface area (Å²) in [7, 11) is 0. The highest BCUT2D eigenvalue weighted by Gasteiger charge is 2.50. The van der Waals surface area contributed by atoms with Crippen molar-refractivity contribution in [3.8, 4) is 0 Å². The molecule has 0 aliphatic carbocycles. The number of aliphatic hydroxyl groups is 6. The van der Waals surface area contributed by atoms with Crippen LogP contribution >= 0.6 is 0 Å². The molecule has 0 bridgehead atoms. The Bertz CT molecular complexity index is 403. The van der Waals surface area contributed by atoms with Crippen molar-refractivity contribution >= 4 is 5.97 Å². The Kier molecular flexibility index (Phi) is 5.32. The van der Waals surface area contributed by atoms with Gasteiger partial charge in [0.15, 0.2) is 18.7 Å². The molecule has 0 aromatic heterocycles. The monoisotopic (exact) mass is 326 g/mol. The molecule has 2 aliphatic heterocycles. The van der Waals surface area contributed by atoms with Gasteiger partial charge in [-0.2, -0.15) is 0 Å². The average molecular weight is 326 g/mol. The zero-order chi connectivity index (χ0) is 16.6. The number of rotatable bonds is 3. The van der Waals surface area contributed by atoms with Crippen LogP contribution in [0.25, 0.3) is 0 Å². The summed E-state index contributed by atoms with van der Waals surface area (Å²) in [6, 6.07) is 0. The number of hydrogen-bond donors (Lipinski definition) is 7. The number of hydrogen-bond acceptors (Lipinski definition) is 10. The van der Waals surface area contributed by atoms with Crippen LogP contribution in [0.3, 0.4) is 0 Å². The fourth-order valence-electron chi connectivity index (χ4n) is 2.27. The van der Waals surface area contributed by atoms with Crippen LogP contribution in [0.1, 0.15) is 0 Å². The van der Waals surface area contributed by atoms with Gasteiger partial charge < -0.3 is 50.0 Å². The quantitative estimate of drug-likeness (QED) is 0.264. The predicted molar refractivity (Wildman–Crippen MR) is 63.2 cm³/mol. The second kappa shape index (κ2) is 6.70. The second-order valence-electron chi connectivity index (χ2n) is 5.12. The van der Waals surface area contributed by atoms with Crippen LogP contribution in [-0.4, -0.2) is 104 Å². The van der Waals surface area contributed by atoms with Gasteiger partial charge in [-0.3, -0.25) is 0 Å². The van der Waals surface area contributed by atoms with E-state index in [0.29, 0.717) is 0 Å². The summed E-state index contributed by atoms with van der Waals surface area (Å²) in [6.07, 6.45) is -15.3. The van der Waals surface area contributed by atoms with Crippen molar-refractivity contribution in [2.45, 2.75) is 55.3 Å². The molecule has 22 heavy (non-hydrogen) atoms. The number of aliphatic carboxylic acids is 1. The topological polar surface area (TPSA) is 186 Å². The van der Waals surface area contributed by atoms with Gasteiger partial charge in [0, 0.05) is 0 Å². The highest BCUT2D eigenvalue weighted by Crippen LogP contribution is 2.26. The molecule has 2 rings (SSSR count). The second-order valence-corrected chi connectivity index (χ2v) is 5.12.